The molecule has 30 heavy (non-hydrogen) atoms. The highest BCUT2D eigenvalue weighted by Gasteiger charge is 2.30. The zero-order valence-corrected chi connectivity index (χ0v) is 17.6. The van der Waals surface area contributed by atoms with Crippen LogP contribution in [0.1, 0.15) is 53.1 Å². The van der Waals surface area contributed by atoms with Crippen LogP contribution in [-0.4, -0.2) is 42.4 Å². The minimum atomic E-state index is -0.394. The average Bonchev–Trinajstić information content (AvgIpc) is 3.28. The molecule has 2 aromatic rings. The Morgan fingerprint density at radius 2 is 1.90 bits per heavy atom. The van der Waals surface area contributed by atoms with Crippen molar-refractivity contribution in [2.75, 3.05) is 19.7 Å². The summed E-state index contributed by atoms with van der Waals surface area (Å²) >= 11 is 0. The number of furan rings is 1. The van der Waals surface area contributed by atoms with E-state index in [9.17, 15) is 14.4 Å². The van der Waals surface area contributed by atoms with Crippen molar-refractivity contribution < 1.29 is 23.5 Å². The topological polar surface area (TPSA) is 88.9 Å². The summed E-state index contributed by atoms with van der Waals surface area (Å²) < 4.78 is 10.4. The van der Waals surface area contributed by atoms with Gasteiger partial charge < -0.3 is 19.4 Å². The van der Waals surface area contributed by atoms with Crippen molar-refractivity contribution in [3.05, 3.63) is 59.0 Å². The Morgan fingerprint density at radius 1 is 1.17 bits per heavy atom. The van der Waals surface area contributed by atoms with Crippen LogP contribution >= 0.6 is 0 Å². The predicted molar refractivity (Wildman–Crippen MR) is 111 cm³/mol. The Labute approximate surface area is 176 Å². The smallest absolute Gasteiger partial charge is 0.309 e. The number of hydrogen-bond donors (Lipinski definition) is 1. The summed E-state index contributed by atoms with van der Waals surface area (Å²) in [5.41, 5.74) is 3.37. The number of likely N-dealkylation sites (tertiary alicyclic amines) is 1. The monoisotopic (exact) mass is 412 g/mol. The summed E-state index contributed by atoms with van der Waals surface area (Å²) in [4.78, 5) is 38.5. The fourth-order valence-corrected chi connectivity index (χ4v) is 3.53. The number of hydrogen-bond acceptors (Lipinski definition) is 5. The maximum absolute atomic E-state index is 12.3. The van der Waals surface area contributed by atoms with E-state index in [0.29, 0.717) is 31.7 Å². The predicted octanol–water partition coefficient (Wildman–Crippen LogP) is 3.17. The van der Waals surface area contributed by atoms with Crippen LogP contribution in [0.5, 0.6) is 0 Å². The molecular weight excluding hydrogens is 384 g/mol. The second-order valence-corrected chi connectivity index (χ2v) is 7.78. The molecule has 1 aromatic carbocycles. The Balaban J connectivity index is 1.41. The van der Waals surface area contributed by atoms with Crippen LogP contribution in [-0.2, 0) is 14.3 Å². The molecule has 0 aliphatic carbocycles. The molecule has 2 heterocycles. The van der Waals surface area contributed by atoms with E-state index in [4.69, 9.17) is 9.15 Å². The Morgan fingerprint density at radius 3 is 2.53 bits per heavy atom. The molecule has 0 saturated carbocycles. The summed E-state index contributed by atoms with van der Waals surface area (Å²) in [7, 11) is 0. The van der Waals surface area contributed by atoms with Crippen molar-refractivity contribution in [3.8, 4) is 0 Å². The van der Waals surface area contributed by atoms with Gasteiger partial charge in [0.15, 0.2) is 12.4 Å². The summed E-state index contributed by atoms with van der Waals surface area (Å²) in [6, 6.07) is 9.17. The molecule has 1 unspecified atom stereocenters. The number of carbonyl (C=O) groups excluding carboxylic acids is 3. The van der Waals surface area contributed by atoms with Crippen molar-refractivity contribution in [2.45, 2.75) is 39.7 Å². The summed E-state index contributed by atoms with van der Waals surface area (Å²) in [6.45, 7) is 6.57. The van der Waals surface area contributed by atoms with E-state index >= 15 is 0 Å². The minimum absolute atomic E-state index is 0.175. The van der Waals surface area contributed by atoms with E-state index in [1.165, 1.54) is 11.8 Å². The van der Waals surface area contributed by atoms with Gasteiger partial charge in [-0.05, 0) is 62.4 Å². The lowest BCUT2D eigenvalue weighted by Gasteiger charge is -2.30. The van der Waals surface area contributed by atoms with E-state index < -0.39 is 5.97 Å². The highest BCUT2D eigenvalue weighted by atomic mass is 16.5. The molecule has 3 rings (SSSR count). The maximum atomic E-state index is 12.3. The molecule has 1 atom stereocenters. The van der Waals surface area contributed by atoms with Gasteiger partial charge in [-0.2, -0.15) is 0 Å². The molecule has 1 aromatic heterocycles. The number of benzene rings is 1. The second-order valence-electron chi connectivity index (χ2n) is 7.78. The third-order valence-electron chi connectivity index (χ3n) is 5.60. The van der Waals surface area contributed by atoms with Gasteiger partial charge in [0, 0.05) is 13.1 Å². The van der Waals surface area contributed by atoms with Gasteiger partial charge in [-0.15, -0.1) is 0 Å². The number of aryl methyl sites for hydroxylation is 2. The Bertz CT molecular complexity index is 898. The van der Waals surface area contributed by atoms with Crippen LogP contribution in [0.3, 0.4) is 0 Å². The van der Waals surface area contributed by atoms with Crippen molar-refractivity contribution in [1.82, 2.24) is 10.2 Å². The van der Waals surface area contributed by atoms with Crippen molar-refractivity contribution in [3.63, 3.8) is 0 Å². The lowest BCUT2D eigenvalue weighted by Crippen LogP contribution is -2.41. The van der Waals surface area contributed by atoms with Gasteiger partial charge in [-0.3, -0.25) is 14.4 Å². The first-order valence-corrected chi connectivity index (χ1v) is 10.2. The molecule has 7 nitrogen and oxygen atoms in total. The molecule has 160 valence electrons. The zero-order chi connectivity index (χ0) is 21.7. The standard InChI is InChI=1S/C23H28N2O5/c1-15-6-7-19(13-16(15)2)17(3)24-21(26)14-30-23(28)18-8-10-25(11-9-18)22(27)20-5-4-12-29-20/h4-7,12-13,17-18H,8-11,14H2,1-3H3,(H,24,26). The Kier molecular flexibility index (Phi) is 6.92. The maximum Gasteiger partial charge on any atom is 0.309 e. The number of amides is 2. The number of carbonyl (C=O) groups is 3. The van der Waals surface area contributed by atoms with Gasteiger partial charge in [-0.1, -0.05) is 18.2 Å². The molecule has 1 fully saturated rings. The van der Waals surface area contributed by atoms with Gasteiger partial charge in [0.25, 0.3) is 11.8 Å². The highest BCUT2D eigenvalue weighted by Crippen LogP contribution is 2.21. The molecule has 0 radical (unpaired) electrons. The SMILES string of the molecule is Cc1ccc(C(C)NC(=O)COC(=O)C2CCN(C(=O)c3ccco3)CC2)cc1C. The third kappa shape index (κ3) is 5.28. The molecule has 2 amide bonds. The van der Waals surface area contributed by atoms with Crippen LogP contribution in [0.4, 0.5) is 0 Å². The van der Waals surface area contributed by atoms with Crippen LogP contribution in [0.25, 0.3) is 0 Å². The minimum Gasteiger partial charge on any atom is -0.459 e. The van der Waals surface area contributed by atoms with Gasteiger partial charge >= 0.3 is 5.97 Å². The third-order valence-corrected chi connectivity index (χ3v) is 5.60. The number of rotatable bonds is 6. The van der Waals surface area contributed by atoms with E-state index in [0.717, 1.165) is 11.1 Å². The van der Waals surface area contributed by atoms with E-state index in [1.807, 2.05) is 39.0 Å². The van der Waals surface area contributed by atoms with E-state index in [1.54, 1.807) is 17.0 Å². The quantitative estimate of drug-likeness (QED) is 0.736. The molecule has 1 N–H and O–H groups in total. The van der Waals surface area contributed by atoms with E-state index in [-0.39, 0.29) is 30.4 Å². The van der Waals surface area contributed by atoms with Crippen molar-refractivity contribution in [2.24, 2.45) is 5.92 Å². The number of esters is 1. The van der Waals surface area contributed by atoms with Crippen LogP contribution < -0.4 is 5.32 Å². The molecular formula is C23H28N2O5. The largest absolute Gasteiger partial charge is 0.459 e. The van der Waals surface area contributed by atoms with E-state index in [2.05, 4.69) is 5.32 Å². The lowest BCUT2D eigenvalue weighted by atomic mass is 9.97. The van der Waals surface area contributed by atoms with Crippen LogP contribution in [0.15, 0.2) is 41.0 Å². The molecule has 0 spiro atoms. The fraction of sp³-hybridized carbons (Fsp3) is 0.435. The van der Waals surface area contributed by atoms with Gasteiger partial charge in [0.1, 0.15) is 0 Å². The first-order chi connectivity index (χ1) is 14.3. The fourth-order valence-electron chi connectivity index (χ4n) is 3.53. The van der Waals surface area contributed by atoms with Gasteiger partial charge in [0.2, 0.25) is 0 Å². The average molecular weight is 412 g/mol. The first-order valence-electron chi connectivity index (χ1n) is 10.2. The molecule has 1 aliphatic rings. The second kappa shape index (κ2) is 9.61. The van der Waals surface area contributed by atoms with Crippen molar-refractivity contribution >= 4 is 17.8 Å². The normalized spacial score (nSPS) is 15.5. The summed E-state index contributed by atoms with van der Waals surface area (Å²) in [5.74, 6) is -0.915. The van der Waals surface area contributed by atoms with Crippen LogP contribution in [0, 0.1) is 19.8 Å². The first kappa shape index (κ1) is 21.6. The number of ether oxygens (including phenoxy) is 1. The lowest BCUT2D eigenvalue weighted by molar-refractivity contribution is -0.154. The van der Waals surface area contributed by atoms with Gasteiger partial charge in [-0.25, -0.2) is 0 Å². The van der Waals surface area contributed by atoms with Crippen molar-refractivity contribution in [1.29, 1.82) is 0 Å². The zero-order valence-electron chi connectivity index (χ0n) is 17.6. The Hall–Kier alpha value is -3.09. The number of piperidine rings is 1. The summed E-state index contributed by atoms with van der Waals surface area (Å²) in [6.07, 6.45) is 2.47. The van der Waals surface area contributed by atoms with Gasteiger partial charge in [0.05, 0.1) is 18.2 Å². The molecule has 1 aliphatic heterocycles. The van der Waals surface area contributed by atoms with Crippen LogP contribution in [0.2, 0.25) is 0 Å². The molecule has 0 bridgehead atoms. The number of nitrogens with one attached hydrogen (secondary N) is 1. The molecule has 7 heteroatoms. The summed E-state index contributed by atoms with van der Waals surface area (Å²) in [5, 5.41) is 2.86. The number of nitrogens with zero attached hydrogens (tertiary/aromatic N) is 1. The molecule has 1 saturated heterocycles. The highest BCUT2D eigenvalue weighted by molar-refractivity contribution is 5.91.